The van der Waals surface area contributed by atoms with Crippen molar-refractivity contribution in [1.82, 2.24) is 5.32 Å². The number of aryl methyl sites for hydroxylation is 2. The van der Waals surface area contributed by atoms with Crippen LogP contribution in [0.25, 0.3) is 0 Å². The molecule has 1 heterocycles. The van der Waals surface area contributed by atoms with E-state index in [1.54, 1.807) is 25.3 Å². The van der Waals surface area contributed by atoms with Gasteiger partial charge in [0.15, 0.2) is 0 Å². The van der Waals surface area contributed by atoms with Crippen molar-refractivity contribution >= 4 is 11.6 Å². The molecule has 1 unspecified atom stereocenters. The number of benzene rings is 1. The summed E-state index contributed by atoms with van der Waals surface area (Å²) >= 11 is 0. The van der Waals surface area contributed by atoms with Crippen molar-refractivity contribution in [2.45, 2.75) is 66.2 Å². The lowest BCUT2D eigenvalue weighted by atomic mass is 9.89. The zero-order valence-corrected chi connectivity index (χ0v) is 18.3. The molecule has 0 bridgehead atoms. The molecule has 1 amide bonds. The number of halogens is 1. The van der Waals surface area contributed by atoms with Crippen LogP contribution in [0.3, 0.4) is 0 Å². The summed E-state index contributed by atoms with van der Waals surface area (Å²) in [7, 11) is 0. The van der Waals surface area contributed by atoms with Crippen LogP contribution in [-0.2, 0) is 12.8 Å². The van der Waals surface area contributed by atoms with Gasteiger partial charge in [0, 0.05) is 29.4 Å². The normalized spacial score (nSPS) is 15.6. The average Bonchev–Trinajstić information content (AvgIpc) is 3.06. The minimum Gasteiger partial charge on any atom is -0.465 e. The molecule has 160 valence electrons. The molecule has 0 saturated carbocycles. The molecule has 2 aromatic rings. The number of hydrogen-bond acceptors (Lipinski definition) is 3. The average molecular weight is 411 g/mol. The molecule has 4 nitrogen and oxygen atoms in total. The van der Waals surface area contributed by atoms with E-state index in [9.17, 15) is 9.18 Å². The van der Waals surface area contributed by atoms with Gasteiger partial charge < -0.3 is 9.73 Å². The lowest BCUT2D eigenvalue weighted by Crippen LogP contribution is -2.22. The van der Waals surface area contributed by atoms with Gasteiger partial charge in [-0.3, -0.25) is 9.79 Å². The van der Waals surface area contributed by atoms with Gasteiger partial charge in [-0.15, -0.1) is 0 Å². The van der Waals surface area contributed by atoms with Crippen LogP contribution in [0.4, 0.5) is 4.39 Å². The number of aliphatic imine (C=N–C) groups is 1. The predicted octanol–water partition coefficient (Wildman–Crippen LogP) is 6.12. The predicted molar refractivity (Wildman–Crippen MR) is 118 cm³/mol. The molecule has 3 rings (SSSR count). The van der Waals surface area contributed by atoms with Crippen LogP contribution < -0.4 is 5.32 Å². The van der Waals surface area contributed by atoms with Crippen LogP contribution in [-0.4, -0.2) is 11.6 Å². The van der Waals surface area contributed by atoms with Crippen molar-refractivity contribution in [3.05, 3.63) is 70.2 Å². The molecular weight excluding hydrogens is 379 g/mol. The smallest absolute Gasteiger partial charge is 0.258 e. The van der Waals surface area contributed by atoms with Gasteiger partial charge in [-0.1, -0.05) is 32.4 Å². The Morgan fingerprint density at radius 3 is 2.77 bits per heavy atom. The first-order valence-corrected chi connectivity index (χ1v) is 10.8. The van der Waals surface area contributed by atoms with Gasteiger partial charge in [-0.25, -0.2) is 4.39 Å². The van der Waals surface area contributed by atoms with Crippen molar-refractivity contribution < 1.29 is 13.6 Å². The Morgan fingerprint density at radius 1 is 1.30 bits per heavy atom. The topological polar surface area (TPSA) is 54.6 Å². The van der Waals surface area contributed by atoms with Crippen LogP contribution >= 0.6 is 0 Å². The standard InChI is InChI=1S/C25H31FN2O2/c1-5-16(2)14-22(24-18(4)30-23-13-9-7-11-20(23)24)27-15-17(3)28-25(29)19-10-6-8-12-21(19)26/h6,8,10,12,15-16H,5,7,9,11,13-14H2,1-4H3,(H,28,29)/b17-15+,27-22?. The second-order valence-corrected chi connectivity index (χ2v) is 8.18. The molecule has 0 saturated heterocycles. The molecule has 0 aliphatic heterocycles. The van der Waals surface area contributed by atoms with Crippen molar-refractivity contribution in [1.29, 1.82) is 0 Å². The number of furan rings is 1. The monoisotopic (exact) mass is 410 g/mol. The number of hydrogen-bond donors (Lipinski definition) is 1. The van der Waals surface area contributed by atoms with Gasteiger partial charge >= 0.3 is 0 Å². The Morgan fingerprint density at radius 2 is 2.03 bits per heavy atom. The van der Waals surface area contributed by atoms with Gasteiger partial charge in [0.05, 0.1) is 11.3 Å². The second-order valence-electron chi connectivity index (χ2n) is 8.18. The quantitative estimate of drug-likeness (QED) is 0.559. The Hall–Kier alpha value is -2.69. The molecule has 30 heavy (non-hydrogen) atoms. The Balaban J connectivity index is 1.88. The van der Waals surface area contributed by atoms with Crippen molar-refractivity contribution in [3.63, 3.8) is 0 Å². The van der Waals surface area contributed by atoms with E-state index in [-0.39, 0.29) is 5.56 Å². The van der Waals surface area contributed by atoms with Crippen LogP contribution in [0.5, 0.6) is 0 Å². The van der Waals surface area contributed by atoms with Crippen LogP contribution in [0.2, 0.25) is 0 Å². The molecule has 1 aromatic heterocycles. The minimum absolute atomic E-state index is 0.0220. The summed E-state index contributed by atoms with van der Waals surface area (Å²) in [6.07, 6.45) is 7.91. The highest BCUT2D eigenvalue weighted by molar-refractivity contribution is 6.03. The second kappa shape index (κ2) is 9.88. The summed E-state index contributed by atoms with van der Waals surface area (Å²) in [5.74, 6) is 1.49. The number of carbonyl (C=O) groups is 1. The Labute approximate surface area is 178 Å². The van der Waals surface area contributed by atoms with Gasteiger partial charge in [-0.05, 0) is 57.6 Å². The van der Waals surface area contributed by atoms with Gasteiger partial charge in [0.25, 0.3) is 5.91 Å². The molecule has 0 spiro atoms. The lowest BCUT2D eigenvalue weighted by Gasteiger charge is -2.15. The summed E-state index contributed by atoms with van der Waals surface area (Å²) in [6.45, 7) is 8.17. The molecule has 1 aliphatic rings. The molecule has 1 N–H and O–H groups in total. The third-order valence-corrected chi connectivity index (χ3v) is 5.72. The maximum absolute atomic E-state index is 13.9. The number of nitrogens with zero attached hydrogens (tertiary/aromatic N) is 1. The number of carbonyl (C=O) groups excluding carboxylic acids is 1. The highest BCUT2D eigenvalue weighted by Gasteiger charge is 2.24. The highest BCUT2D eigenvalue weighted by atomic mass is 19.1. The Bertz CT molecular complexity index is 972. The maximum atomic E-state index is 13.9. The fourth-order valence-electron chi connectivity index (χ4n) is 3.87. The van der Waals surface area contributed by atoms with Crippen molar-refractivity contribution in [2.24, 2.45) is 10.9 Å². The van der Waals surface area contributed by atoms with Crippen molar-refractivity contribution in [3.8, 4) is 0 Å². The molecule has 0 fully saturated rings. The highest BCUT2D eigenvalue weighted by Crippen LogP contribution is 2.31. The van der Waals surface area contributed by atoms with E-state index in [0.29, 0.717) is 11.6 Å². The van der Waals surface area contributed by atoms with E-state index in [4.69, 9.17) is 9.41 Å². The first-order chi connectivity index (χ1) is 14.4. The number of fused-ring (bicyclic) bond motifs is 1. The van der Waals surface area contributed by atoms with Gasteiger partial charge in [0.2, 0.25) is 0 Å². The zero-order chi connectivity index (χ0) is 21.7. The lowest BCUT2D eigenvalue weighted by molar-refractivity contribution is 0.0962. The number of amides is 1. The first kappa shape index (κ1) is 22.0. The number of rotatable bonds is 7. The van der Waals surface area contributed by atoms with Gasteiger partial charge in [0.1, 0.15) is 17.3 Å². The summed E-state index contributed by atoms with van der Waals surface area (Å²) < 4.78 is 19.9. The fraction of sp³-hybridized carbons (Fsp3) is 0.440. The molecule has 5 heteroatoms. The number of nitrogens with one attached hydrogen (secondary N) is 1. The zero-order valence-electron chi connectivity index (χ0n) is 18.3. The molecule has 0 radical (unpaired) electrons. The summed E-state index contributed by atoms with van der Waals surface area (Å²) in [6, 6.07) is 5.95. The van der Waals surface area contributed by atoms with E-state index >= 15 is 0 Å². The van der Waals surface area contributed by atoms with Crippen LogP contribution in [0.15, 0.2) is 45.6 Å². The molecular formula is C25H31FN2O2. The largest absolute Gasteiger partial charge is 0.465 e. The maximum Gasteiger partial charge on any atom is 0.258 e. The van der Waals surface area contributed by atoms with Crippen molar-refractivity contribution in [2.75, 3.05) is 0 Å². The SMILES string of the molecule is CCC(C)CC(=N/C=C(\C)NC(=O)c1ccccc1F)c1c(C)oc2c1CCCC2. The van der Waals surface area contributed by atoms with Crippen LogP contribution in [0.1, 0.15) is 79.5 Å². The molecule has 1 aromatic carbocycles. The third-order valence-electron chi connectivity index (χ3n) is 5.72. The fourth-order valence-corrected chi connectivity index (χ4v) is 3.87. The Kier molecular flexibility index (Phi) is 7.24. The summed E-state index contributed by atoms with van der Waals surface area (Å²) in [5.41, 5.74) is 4.01. The minimum atomic E-state index is -0.538. The van der Waals surface area contributed by atoms with E-state index in [1.165, 1.54) is 30.5 Å². The molecule has 1 atom stereocenters. The summed E-state index contributed by atoms with van der Waals surface area (Å²) in [5, 5.41) is 2.73. The third kappa shape index (κ3) is 5.07. The summed E-state index contributed by atoms with van der Waals surface area (Å²) in [4.78, 5) is 17.1. The van der Waals surface area contributed by atoms with E-state index < -0.39 is 11.7 Å². The first-order valence-electron chi connectivity index (χ1n) is 10.8. The van der Waals surface area contributed by atoms with E-state index in [1.807, 2.05) is 6.92 Å². The number of allylic oxidation sites excluding steroid dienone is 1. The van der Waals surface area contributed by atoms with E-state index in [0.717, 1.165) is 48.5 Å². The van der Waals surface area contributed by atoms with E-state index in [2.05, 4.69) is 19.2 Å². The molecule has 1 aliphatic carbocycles. The van der Waals surface area contributed by atoms with Crippen LogP contribution in [0, 0.1) is 18.7 Å². The van der Waals surface area contributed by atoms with Gasteiger partial charge in [-0.2, -0.15) is 0 Å².